The van der Waals surface area contributed by atoms with Crippen molar-refractivity contribution >= 4 is 5.91 Å². The second-order valence-corrected chi connectivity index (χ2v) is 4.53. The summed E-state index contributed by atoms with van der Waals surface area (Å²) in [4.78, 5) is 18.0. The molecule has 1 aliphatic heterocycles. The summed E-state index contributed by atoms with van der Waals surface area (Å²) in [6.45, 7) is 0.738. The van der Waals surface area contributed by atoms with Crippen LogP contribution in [0.25, 0.3) is 0 Å². The van der Waals surface area contributed by atoms with Gasteiger partial charge in [-0.1, -0.05) is 0 Å². The fourth-order valence-corrected chi connectivity index (χ4v) is 2.41. The number of aromatic hydroxyl groups is 1. The molecule has 1 aromatic heterocycles. The van der Waals surface area contributed by atoms with Crippen LogP contribution in [-0.2, 0) is 0 Å². The van der Waals surface area contributed by atoms with Crippen LogP contribution in [0.4, 0.5) is 0 Å². The van der Waals surface area contributed by atoms with Crippen LogP contribution < -0.4 is 0 Å². The maximum atomic E-state index is 12.3. The highest BCUT2D eigenvalue weighted by atomic mass is 16.3. The Hall–Kier alpha value is -1.62. The van der Waals surface area contributed by atoms with Crippen LogP contribution in [0.15, 0.2) is 18.3 Å². The largest absolute Gasteiger partial charge is 0.505 e. The first-order valence-electron chi connectivity index (χ1n) is 6.30. The van der Waals surface area contributed by atoms with Gasteiger partial charge in [0.05, 0.1) is 0 Å². The Kier molecular flexibility index (Phi) is 4.15. The highest BCUT2D eigenvalue weighted by Crippen LogP contribution is 2.23. The maximum Gasteiger partial charge on any atom is 0.276 e. The average molecular weight is 250 g/mol. The molecule has 5 heteroatoms. The van der Waals surface area contributed by atoms with E-state index in [0.29, 0.717) is 13.0 Å². The van der Waals surface area contributed by atoms with Gasteiger partial charge >= 0.3 is 0 Å². The van der Waals surface area contributed by atoms with Crippen molar-refractivity contribution < 1.29 is 15.0 Å². The minimum absolute atomic E-state index is 0.0534. The quantitative estimate of drug-likeness (QED) is 0.844. The van der Waals surface area contributed by atoms with Crippen molar-refractivity contribution in [2.24, 2.45) is 0 Å². The lowest BCUT2D eigenvalue weighted by Gasteiger charge is -2.35. The van der Waals surface area contributed by atoms with Crippen molar-refractivity contribution in [2.45, 2.75) is 31.7 Å². The first-order chi connectivity index (χ1) is 8.74. The van der Waals surface area contributed by atoms with E-state index in [9.17, 15) is 9.90 Å². The topological polar surface area (TPSA) is 73.7 Å². The van der Waals surface area contributed by atoms with Crippen LogP contribution >= 0.6 is 0 Å². The van der Waals surface area contributed by atoms with Gasteiger partial charge in [0.25, 0.3) is 5.91 Å². The predicted molar refractivity (Wildman–Crippen MR) is 66.3 cm³/mol. The number of nitrogens with zero attached hydrogens (tertiary/aromatic N) is 2. The first kappa shape index (κ1) is 12.8. The van der Waals surface area contributed by atoms with Gasteiger partial charge in [0.2, 0.25) is 0 Å². The lowest BCUT2D eigenvalue weighted by molar-refractivity contribution is 0.0565. The summed E-state index contributed by atoms with van der Waals surface area (Å²) in [7, 11) is 0. The fourth-order valence-electron chi connectivity index (χ4n) is 2.41. The van der Waals surface area contributed by atoms with Crippen molar-refractivity contribution in [3.05, 3.63) is 24.0 Å². The molecule has 98 valence electrons. The van der Waals surface area contributed by atoms with Gasteiger partial charge in [-0.05, 0) is 37.8 Å². The molecule has 0 spiro atoms. The number of aliphatic hydroxyl groups is 1. The molecular formula is C13H18N2O3. The van der Waals surface area contributed by atoms with Crippen molar-refractivity contribution in [1.82, 2.24) is 9.88 Å². The summed E-state index contributed by atoms with van der Waals surface area (Å²) in [5, 5.41) is 18.7. The van der Waals surface area contributed by atoms with Crippen LogP contribution in [0.5, 0.6) is 5.75 Å². The smallest absolute Gasteiger partial charge is 0.276 e. The molecule has 0 bridgehead atoms. The minimum Gasteiger partial charge on any atom is -0.505 e. The number of aliphatic hydroxyl groups excluding tert-OH is 1. The average Bonchev–Trinajstić information content (AvgIpc) is 2.40. The lowest BCUT2D eigenvalue weighted by Crippen LogP contribution is -2.44. The second kappa shape index (κ2) is 5.82. The van der Waals surface area contributed by atoms with Gasteiger partial charge in [0.1, 0.15) is 5.75 Å². The van der Waals surface area contributed by atoms with Crippen molar-refractivity contribution in [3.63, 3.8) is 0 Å². The number of carbonyl (C=O) groups is 1. The highest BCUT2D eigenvalue weighted by Gasteiger charge is 2.28. The molecule has 0 aliphatic carbocycles. The van der Waals surface area contributed by atoms with Crippen LogP contribution in [-0.4, -0.2) is 45.2 Å². The zero-order chi connectivity index (χ0) is 13.0. The van der Waals surface area contributed by atoms with Crippen LogP contribution in [0.3, 0.4) is 0 Å². The molecule has 0 aromatic carbocycles. The summed E-state index contributed by atoms with van der Waals surface area (Å²) in [6.07, 6.45) is 5.01. The Balaban J connectivity index is 2.18. The standard InChI is InChI=1S/C13H18N2O3/c16-9-6-10-4-1-2-8-15(10)13(18)12-11(17)5-3-7-14-12/h3,5,7,10,16-17H,1-2,4,6,8-9H2. The number of rotatable bonds is 3. The monoisotopic (exact) mass is 250 g/mol. The van der Waals surface area contributed by atoms with Gasteiger partial charge in [-0.3, -0.25) is 4.79 Å². The van der Waals surface area contributed by atoms with E-state index >= 15 is 0 Å². The van der Waals surface area contributed by atoms with Gasteiger partial charge in [0, 0.05) is 25.4 Å². The number of carbonyl (C=O) groups excluding carboxylic acids is 1. The first-order valence-corrected chi connectivity index (χ1v) is 6.30. The Morgan fingerprint density at radius 3 is 3.06 bits per heavy atom. The Labute approximate surface area is 106 Å². The summed E-state index contributed by atoms with van der Waals surface area (Å²) < 4.78 is 0. The normalized spacial score (nSPS) is 19.8. The lowest BCUT2D eigenvalue weighted by atomic mass is 9.99. The van der Waals surface area contributed by atoms with Gasteiger partial charge in [-0.15, -0.1) is 0 Å². The number of hydrogen-bond donors (Lipinski definition) is 2. The van der Waals surface area contributed by atoms with Crippen LogP contribution in [0.2, 0.25) is 0 Å². The van der Waals surface area contributed by atoms with Crippen LogP contribution in [0, 0.1) is 0 Å². The third-order valence-corrected chi connectivity index (χ3v) is 3.34. The minimum atomic E-state index is -0.244. The Morgan fingerprint density at radius 1 is 1.50 bits per heavy atom. The highest BCUT2D eigenvalue weighted by molar-refractivity contribution is 5.95. The molecule has 0 radical (unpaired) electrons. The number of hydrogen-bond acceptors (Lipinski definition) is 4. The van der Waals surface area contributed by atoms with Gasteiger partial charge in [-0.25, -0.2) is 4.98 Å². The molecule has 1 aliphatic rings. The van der Waals surface area contributed by atoms with Gasteiger partial charge in [-0.2, -0.15) is 0 Å². The van der Waals surface area contributed by atoms with E-state index in [1.807, 2.05) is 0 Å². The zero-order valence-corrected chi connectivity index (χ0v) is 10.2. The molecule has 2 heterocycles. The molecule has 2 N–H and O–H groups in total. The Bertz CT molecular complexity index is 420. The molecule has 1 unspecified atom stereocenters. The summed E-state index contributed by atoms with van der Waals surface area (Å²) in [5.41, 5.74) is 0.0994. The second-order valence-electron chi connectivity index (χ2n) is 4.53. The molecule has 1 atom stereocenters. The van der Waals surface area contributed by atoms with E-state index in [-0.39, 0.29) is 30.0 Å². The summed E-state index contributed by atoms with van der Waals surface area (Å²) in [5.74, 6) is -0.331. The molecule has 1 aromatic rings. The van der Waals surface area contributed by atoms with E-state index in [2.05, 4.69) is 4.98 Å². The summed E-state index contributed by atoms with van der Waals surface area (Å²) >= 11 is 0. The predicted octanol–water partition coefficient (Wildman–Crippen LogP) is 1.16. The third kappa shape index (κ3) is 2.61. The number of piperidine rings is 1. The molecule has 1 saturated heterocycles. The zero-order valence-electron chi connectivity index (χ0n) is 10.2. The van der Waals surface area contributed by atoms with Crippen molar-refractivity contribution in [2.75, 3.05) is 13.2 Å². The molecule has 5 nitrogen and oxygen atoms in total. The Morgan fingerprint density at radius 2 is 2.33 bits per heavy atom. The number of likely N-dealkylation sites (tertiary alicyclic amines) is 1. The van der Waals surface area contributed by atoms with Crippen molar-refractivity contribution in [1.29, 1.82) is 0 Å². The van der Waals surface area contributed by atoms with E-state index in [0.717, 1.165) is 19.3 Å². The molecule has 2 rings (SSSR count). The van der Waals surface area contributed by atoms with Crippen molar-refractivity contribution in [3.8, 4) is 5.75 Å². The van der Waals surface area contributed by atoms with E-state index in [4.69, 9.17) is 5.11 Å². The molecular weight excluding hydrogens is 232 g/mol. The molecule has 1 amide bonds. The SMILES string of the molecule is O=C(c1ncccc1O)N1CCCCC1CCO. The van der Waals surface area contributed by atoms with Gasteiger partial charge < -0.3 is 15.1 Å². The number of pyridine rings is 1. The van der Waals surface area contributed by atoms with Gasteiger partial charge in [0.15, 0.2) is 5.69 Å². The summed E-state index contributed by atoms with van der Waals surface area (Å²) in [6, 6.07) is 3.11. The van der Waals surface area contributed by atoms with E-state index in [1.165, 1.54) is 12.3 Å². The number of amides is 1. The molecule has 18 heavy (non-hydrogen) atoms. The van der Waals surface area contributed by atoms with E-state index < -0.39 is 0 Å². The molecule has 0 saturated carbocycles. The van der Waals surface area contributed by atoms with E-state index in [1.54, 1.807) is 11.0 Å². The fraction of sp³-hybridized carbons (Fsp3) is 0.538. The maximum absolute atomic E-state index is 12.3. The number of aromatic nitrogens is 1. The third-order valence-electron chi connectivity index (χ3n) is 3.34. The van der Waals surface area contributed by atoms with Crippen LogP contribution in [0.1, 0.15) is 36.2 Å². The molecule has 1 fully saturated rings.